The normalized spacial score (nSPS) is 20.9. The van der Waals surface area contributed by atoms with Gasteiger partial charge in [0.1, 0.15) is 28.7 Å². The van der Waals surface area contributed by atoms with Crippen molar-refractivity contribution < 1.29 is 28.6 Å². The molecule has 0 aromatic heterocycles. The third kappa shape index (κ3) is 3.64. The van der Waals surface area contributed by atoms with Crippen molar-refractivity contribution in [3.8, 4) is 17.2 Å². The predicted molar refractivity (Wildman–Crippen MR) is 163 cm³/mol. The molecule has 7 rings (SSSR count). The van der Waals surface area contributed by atoms with E-state index in [1.54, 1.807) is 88.1 Å². The van der Waals surface area contributed by atoms with Crippen LogP contribution in [0.25, 0.3) is 6.08 Å². The molecule has 43 heavy (non-hydrogen) atoms. The summed E-state index contributed by atoms with van der Waals surface area (Å²) in [4.78, 5) is 46.5. The van der Waals surface area contributed by atoms with E-state index in [1.165, 1.54) is 0 Å². The monoisotopic (exact) mass is 571 g/mol. The number of ketones is 3. The number of anilines is 1. The van der Waals surface area contributed by atoms with Crippen molar-refractivity contribution in [3.05, 3.63) is 125 Å². The van der Waals surface area contributed by atoms with Gasteiger partial charge in [-0.05, 0) is 54.1 Å². The van der Waals surface area contributed by atoms with Gasteiger partial charge in [0, 0.05) is 33.9 Å². The number of methoxy groups -OCH3 is 3. The van der Waals surface area contributed by atoms with Gasteiger partial charge in [0.05, 0.1) is 27.4 Å². The summed E-state index contributed by atoms with van der Waals surface area (Å²) in [5.41, 5.74) is 1.77. The zero-order chi connectivity index (χ0) is 29.9. The van der Waals surface area contributed by atoms with Crippen molar-refractivity contribution in [3.63, 3.8) is 0 Å². The third-order valence-electron chi connectivity index (χ3n) is 9.13. The molecular weight excluding hydrogens is 542 g/mol. The lowest BCUT2D eigenvalue weighted by Gasteiger charge is -2.37. The topological polar surface area (TPSA) is 82.1 Å². The minimum atomic E-state index is -1.64. The number of benzene rings is 4. The smallest absolute Gasteiger partial charge is 0.185 e. The number of rotatable bonds is 6. The molecule has 7 nitrogen and oxygen atoms in total. The Kier molecular flexibility index (Phi) is 6.20. The van der Waals surface area contributed by atoms with Crippen molar-refractivity contribution in [2.24, 2.45) is 5.41 Å². The quantitative estimate of drug-likeness (QED) is 0.207. The fourth-order valence-electron chi connectivity index (χ4n) is 7.27. The Morgan fingerprint density at radius 2 is 1.37 bits per heavy atom. The van der Waals surface area contributed by atoms with Gasteiger partial charge in [-0.15, -0.1) is 0 Å². The molecule has 2 aliphatic heterocycles. The summed E-state index contributed by atoms with van der Waals surface area (Å²) in [5.74, 6) is -0.129. The summed E-state index contributed by atoms with van der Waals surface area (Å²) < 4.78 is 16.8. The maximum atomic E-state index is 14.9. The molecule has 0 bridgehead atoms. The molecule has 1 saturated heterocycles. The van der Waals surface area contributed by atoms with Gasteiger partial charge in [0.25, 0.3) is 0 Å². The molecule has 1 unspecified atom stereocenters. The number of carbonyl (C=O) groups excluding carboxylic acids is 3. The number of ether oxygens (including phenoxy) is 3. The van der Waals surface area contributed by atoms with Crippen molar-refractivity contribution in [2.75, 3.05) is 26.2 Å². The van der Waals surface area contributed by atoms with Crippen LogP contribution in [0, 0.1) is 5.41 Å². The Morgan fingerprint density at radius 1 is 0.744 bits per heavy atom. The number of hydrogen-bond acceptors (Lipinski definition) is 7. The van der Waals surface area contributed by atoms with Gasteiger partial charge >= 0.3 is 0 Å². The molecular formula is C36H29NO6. The lowest BCUT2D eigenvalue weighted by Crippen LogP contribution is -2.48. The molecule has 1 aliphatic carbocycles. The number of hydrogen-bond donors (Lipinski definition) is 0. The molecule has 0 saturated carbocycles. The fourth-order valence-corrected chi connectivity index (χ4v) is 7.27. The van der Waals surface area contributed by atoms with Crippen LogP contribution in [-0.2, 0) is 0 Å². The molecule has 4 aromatic rings. The number of Topliss-reactive ketones (excluding diaryl/α,β-unsaturated/α-hetero) is 3. The fraction of sp³-hybridized carbons (Fsp3) is 0.194. The van der Waals surface area contributed by atoms with E-state index in [0.717, 1.165) is 11.3 Å². The van der Waals surface area contributed by atoms with E-state index in [4.69, 9.17) is 14.2 Å². The van der Waals surface area contributed by atoms with Crippen LogP contribution in [0.15, 0.2) is 97.1 Å². The molecule has 3 atom stereocenters. The van der Waals surface area contributed by atoms with Crippen LogP contribution in [0.5, 0.6) is 17.2 Å². The maximum Gasteiger partial charge on any atom is 0.185 e. The average molecular weight is 572 g/mol. The van der Waals surface area contributed by atoms with Crippen LogP contribution in [0.1, 0.15) is 48.1 Å². The minimum Gasteiger partial charge on any atom is -0.497 e. The molecule has 0 amide bonds. The zero-order valence-corrected chi connectivity index (χ0v) is 23.9. The van der Waals surface area contributed by atoms with E-state index >= 15 is 0 Å². The highest BCUT2D eigenvalue weighted by molar-refractivity contribution is 6.32. The van der Waals surface area contributed by atoms with E-state index in [9.17, 15) is 14.4 Å². The first-order valence-corrected chi connectivity index (χ1v) is 14.1. The summed E-state index contributed by atoms with van der Waals surface area (Å²) in [6.07, 6.45) is 3.85. The van der Waals surface area contributed by atoms with Crippen LogP contribution < -0.4 is 19.1 Å². The first-order chi connectivity index (χ1) is 20.9. The Morgan fingerprint density at radius 3 is 2.02 bits per heavy atom. The third-order valence-corrected chi connectivity index (χ3v) is 9.13. The molecule has 7 heteroatoms. The summed E-state index contributed by atoms with van der Waals surface area (Å²) in [6.45, 7) is 0. The second-order valence-corrected chi connectivity index (χ2v) is 11.0. The van der Waals surface area contributed by atoms with Crippen LogP contribution in [-0.4, -0.2) is 50.8 Å². The molecule has 1 spiro atoms. The molecule has 3 aliphatic rings. The molecule has 0 radical (unpaired) electrons. The lowest BCUT2D eigenvalue weighted by atomic mass is 9.64. The Bertz CT molecular complexity index is 1790. The average Bonchev–Trinajstić information content (AvgIpc) is 3.50. The highest BCUT2D eigenvalue weighted by atomic mass is 16.5. The van der Waals surface area contributed by atoms with Gasteiger partial charge in [-0.25, -0.2) is 0 Å². The van der Waals surface area contributed by atoms with Crippen molar-refractivity contribution in [2.45, 2.75) is 18.0 Å². The molecule has 2 heterocycles. The lowest BCUT2D eigenvalue weighted by molar-refractivity contribution is 0.0664. The van der Waals surface area contributed by atoms with Gasteiger partial charge in [-0.2, -0.15) is 0 Å². The van der Waals surface area contributed by atoms with Crippen LogP contribution in [0.2, 0.25) is 0 Å². The second kappa shape index (κ2) is 9.98. The minimum absolute atomic E-state index is 0.221. The summed E-state index contributed by atoms with van der Waals surface area (Å²) in [6, 6.07) is 25.2. The van der Waals surface area contributed by atoms with Gasteiger partial charge < -0.3 is 19.1 Å². The highest BCUT2D eigenvalue weighted by Gasteiger charge is 2.72. The summed E-state index contributed by atoms with van der Waals surface area (Å²) in [5, 5.41) is 0. The summed E-state index contributed by atoms with van der Waals surface area (Å²) in [7, 11) is 4.67. The van der Waals surface area contributed by atoms with Gasteiger partial charge in [-0.3, -0.25) is 14.4 Å². The largest absolute Gasteiger partial charge is 0.497 e. The van der Waals surface area contributed by atoms with Gasteiger partial charge in [-0.1, -0.05) is 54.6 Å². The second-order valence-electron chi connectivity index (χ2n) is 11.0. The van der Waals surface area contributed by atoms with E-state index in [0.29, 0.717) is 39.5 Å². The van der Waals surface area contributed by atoms with Crippen molar-refractivity contribution in [1.29, 1.82) is 0 Å². The summed E-state index contributed by atoms with van der Waals surface area (Å²) >= 11 is 0. The predicted octanol–water partition coefficient (Wildman–Crippen LogP) is 6.03. The van der Waals surface area contributed by atoms with Crippen molar-refractivity contribution in [1.82, 2.24) is 0 Å². The Labute approximate surface area is 249 Å². The Balaban J connectivity index is 1.56. The van der Waals surface area contributed by atoms with Crippen molar-refractivity contribution >= 4 is 29.1 Å². The SMILES string of the molecule is COc1ccc(C(=O)[C@H]2[C@H](c3cc(OC)ccc3OC)C3(C(=O)c4ccccc4C3=O)C3C=Cc4ccccc4N32)cc1. The first kappa shape index (κ1) is 26.7. The standard InChI is InChI=1S/C36H29NO6/c1-41-23-15-12-22(13-16-23)33(38)32-31(27-20-24(42-2)17-18-29(27)43-3)36(34(39)25-9-5-6-10-26(25)35(36)40)30-19-14-21-8-4-7-11-28(21)37(30)32/h4-20,30-32H,1-3H3/t30?,31-,32+/m0/s1. The molecule has 1 fully saturated rings. The number of nitrogens with zero attached hydrogens (tertiary/aromatic N) is 1. The molecule has 214 valence electrons. The molecule has 4 aromatic carbocycles. The highest BCUT2D eigenvalue weighted by Crippen LogP contribution is 2.62. The maximum absolute atomic E-state index is 14.9. The number of carbonyl (C=O) groups is 3. The molecule has 0 N–H and O–H groups in total. The van der Waals surface area contributed by atoms with Gasteiger partial charge in [0.15, 0.2) is 17.3 Å². The van der Waals surface area contributed by atoms with Crippen LogP contribution in [0.4, 0.5) is 5.69 Å². The van der Waals surface area contributed by atoms with Crippen LogP contribution in [0.3, 0.4) is 0 Å². The van der Waals surface area contributed by atoms with Crippen LogP contribution >= 0.6 is 0 Å². The van der Waals surface area contributed by atoms with E-state index in [-0.39, 0.29) is 17.3 Å². The van der Waals surface area contributed by atoms with E-state index in [2.05, 4.69) is 0 Å². The zero-order valence-electron chi connectivity index (χ0n) is 23.9. The van der Waals surface area contributed by atoms with E-state index in [1.807, 2.05) is 41.3 Å². The first-order valence-electron chi connectivity index (χ1n) is 14.1. The van der Waals surface area contributed by atoms with Gasteiger partial charge in [0.2, 0.25) is 0 Å². The van der Waals surface area contributed by atoms with E-state index < -0.39 is 23.4 Å². The Hall–Kier alpha value is -5.17. The number of fused-ring (bicyclic) bond motifs is 5. The number of para-hydroxylation sites is 1.